The van der Waals surface area contributed by atoms with Crippen LogP contribution in [-0.2, 0) is 14.8 Å². The Morgan fingerprint density at radius 1 is 0.944 bits per heavy atom. The maximum atomic E-state index is 13.9. The summed E-state index contributed by atoms with van der Waals surface area (Å²) in [6, 6.07) is 18.4. The Bertz CT molecular complexity index is 1270. The average Bonchev–Trinajstić information content (AvgIpc) is 2.88. The van der Waals surface area contributed by atoms with Gasteiger partial charge in [-0.2, -0.15) is 0 Å². The van der Waals surface area contributed by atoms with Gasteiger partial charge < -0.3 is 19.5 Å². The van der Waals surface area contributed by atoms with Crippen molar-refractivity contribution in [1.29, 1.82) is 0 Å². The van der Waals surface area contributed by atoms with E-state index in [0.717, 1.165) is 15.4 Å². The lowest BCUT2D eigenvalue weighted by molar-refractivity contribution is -0.120. The number of hydrogen-bond acceptors (Lipinski definition) is 6. The minimum Gasteiger partial charge on any atom is -0.497 e. The Labute approximate surface area is 212 Å². The molecule has 0 saturated carbocycles. The molecule has 0 aliphatic carbocycles. The Morgan fingerprint density at radius 3 is 2.17 bits per heavy atom. The largest absolute Gasteiger partial charge is 0.497 e. The number of nitrogens with zero attached hydrogens (tertiary/aromatic N) is 1. The molecule has 0 saturated heterocycles. The first kappa shape index (κ1) is 26.9. The molecule has 1 atom stereocenters. The molecule has 1 N–H and O–H groups in total. The van der Waals surface area contributed by atoms with E-state index in [0.29, 0.717) is 23.8 Å². The van der Waals surface area contributed by atoms with Gasteiger partial charge >= 0.3 is 0 Å². The van der Waals surface area contributed by atoms with Crippen molar-refractivity contribution >= 4 is 21.6 Å². The molecule has 9 heteroatoms. The van der Waals surface area contributed by atoms with Gasteiger partial charge in [0.05, 0.1) is 32.6 Å². The van der Waals surface area contributed by atoms with Crippen molar-refractivity contribution in [2.45, 2.75) is 31.7 Å². The topological polar surface area (TPSA) is 94.2 Å². The number of nitrogens with one attached hydrogen (secondary N) is 1. The number of rotatable bonds is 11. The van der Waals surface area contributed by atoms with Crippen LogP contribution < -0.4 is 23.8 Å². The number of benzene rings is 3. The van der Waals surface area contributed by atoms with Gasteiger partial charge in [-0.3, -0.25) is 9.10 Å². The summed E-state index contributed by atoms with van der Waals surface area (Å²) in [6.45, 7) is 5.55. The van der Waals surface area contributed by atoms with E-state index in [4.69, 9.17) is 14.2 Å². The van der Waals surface area contributed by atoms with Crippen molar-refractivity contribution in [3.05, 3.63) is 77.9 Å². The van der Waals surface area contributed by atoms with Gasteiger partial charge in [0.25, 0.3) is 10.0 Å². The van der Waals surface area contributed by atoms with E-state index in [-0.39, 0.29) is 16.7 Å². The third-order valence-corrected chi connectivity index (χ3v) is 7.40. The Hall–Kier alpha value is -3.72. The summed E-state index contributed by atoms with van der Waals surface area (Å²) in [4.78, 5) is 13.1. The smallest absolute Gasteiger partial charge is 0.268 e. The van der Waals surface area contributed by atoms with Crippen LogP contribution in [0.1, 0.15) is 31.0 Å². The fourth-order valence-corrected chi connectivity index (χ4v) is 5.35. The van der Waals surface area contributed by atoms with Crippen molar-refractivity contribution in [1.82, 2.24) is 5.32 Å². The van der Waals surface area contributed by atoms with Crippen LogP contribution in [0.5, 0.6) is 17.2 Å². The quantitative estimate of drug-likeness (QED) is 0.407. The van der Waals surface area contributed by atoms with Gasteiger partial charge in [-0.25, -0.2) is 8.42 Å². The molecule has 1 unspecified atom stereocenters. The molecule has 0 aliphatic heterocycles. The van der Waals surface area contributed by atoms with Crippen molar-refractivity contribution < 1.29 is 27.4 Å². The zero-order chi connectivity index (χ0) is 26.3. The molecule has 36 heavy (non-hydrogen) atoms. The van der Waals surface area contributed by atoms with Crippen LogP contribution in [0.3, 0.4) is 0 Å². The molecule has 1 amide bonds. The predicted molar refractivity (Wildman–Crippen MR) is 139 cm³/mol. The summed E-state index contributed by atoms with van der Waals surface area (Å²) in [7, 11) is -1.17. The number of carbonyl (C=O) groups excluding carboxylic acids is 1. The lowest BCUT2D eigenvalue weighted by Crippen LogP contribution is -2.41. The van der Waals surface area contributed by atoms with E-state index in [1.165, 1.54) is 13.2 Å². The van der Waals surface area contributed by atoms with Crippen molar-refractivity contribution in [3.8, 4) is 17.2 Å². The Kier molecular flexibility index (Phi) is 8.82. The van der Waals surface area contributed by atoms with Gasteiger partial charge in [0, 0.05) is 0 Å². The molecule has 0 aliphatic rings. The van der Waals surface area contributed by atoms with Gasteiger partial charge in [0.2, 0.25) is 5.91 Å². The van der Waals surface area contributed by atoms with E-state index < -0.39 is 22.5 Å². The van der Waals surface area contributed by atoms with Gasteiger partial charge in [-0.15, -0.1) is 0 Å². The number of amides is 1. The van der Waals surface area contributed by atoms with E-state index in [2.05, 4.69) is 5.32 Å². The Balaban J connectivity index is 1.94. The van der Waals surface area contributed by atoms with Crippen molar-refractivity contribution in [2.75, 3.05) is 31.7 Å². The Morgan fingerprint density at radius 2 is 1.58 bits per heavy atom. The maximum Gasteiger partial charge on any atom is 0.268 e. The standard InChI is InChI=1S/C27H32N2O6S/c1-6-35-24-14-10-22(11-15-24)29(36(31,32)26-17-19(2)7-16-25(26)34-5)18-27(30)28-20(3)21-8-12-23(33-4)13-9-21/h7-17,20H,6,18H2,1-5H3,(H,28,30). The van der Waals surface area contributed by atoms with Crippen LogP contribution in [-0.4, -0.2) is 41.7 Å². The second-order valence-corrected chi connectivity index (χ2v) is 9.99. The van der Waals surface area contributed by atoms with Gasteiger partial charge in [-0.1, -0.05) is 18.2 Å². The first-order chi connectivity index (χ1) is 17.2. The molecule has 3 aromatic carbocycles. The molecule has 0 spiro atoms. The summed E-state index contributed by atoms with van der Waals surface area (Å²) >= 11 is 0. The average molecular weight is 513 g/mol. The minimum absolute atomic E-state index is 0.0186. The zero-order valence-electron chi connectivity index (χ0n) is 21.1. The second-order valence-electron chi connectivity index (χ2n) is 8.16. The fraction of sp³-hybridized carbons (Fsp3) is 0.296. The van der Waals surface area contributed by atoms with Gasteiger partial charge in [0.1, 0.15) is 28.7 Å². The molecular weight excluding hydrogens is 480 g/mol. The third kappa shape index (κ3) is 6.28. The number of methoxy groups -OCH3 is 2. The molecule has 0 radical (unpaired) electrons. The summed E-state index contributed by atoms with van der Waals surface area (Å²) in [5.41, 5.74) is 1.94. The summed E-state index contributed by atoms with van der Waals surface area (Å²) in [6.07, 6.45) is 0. The number of carbonyl (C=O) groups is 1. The first-order valence-corrected chi connectivity index (χ1v) is 13.0. The molecule has 3 aromatic rings. The lowest BCUT2D eigenvalue weighted by atomic mass is 10.1. The van der Waals surface area contributed by atoms with E-state index >= 15 is 0 Å². The van der Waals surface area contributed by atoms with E-state index in [9.17, 15) is 13.2 Å². The van der Waals surface area contributed by atoms with Crippen LogP contribution in [0.15, 0.2) is 71.6 Å². The minimum atomic E-state index is -4.16. The highest BCUT2D eigenvalue weighted by molar-refractivity contribution is 7.93. The summed E-state index contributed by atoms with van der Waals surface area (Å²) in [5.74, 6) is 1.05. The molecule has 0 bridgehead atoms. The molecule has 0 aromatic heterocycles. The van der Waals surface area contributed by atoms with Crippen LogP contribution >= 0.6 is 0 Å². The second kappa shape index (κ2) is 11.8. The number of sulfonamides is 1. The molecule has 8 nitrogen and oxygen atoms in total. The first-order valence-electron chi connectivity index (χ1n) is 11.5. The number of anilines is 1. The van der Waals surface area contributed by atoms with Crippen LogP contribution in [0.4, 0.5) is 5.69 Å². The fourth-order valence-electron chi connectivity index (χ4n) is 3.69. The highest BCUT2D eigenvalue weighted by Gasteiger charge is 2.30. The molecular formula is C27H32N2O6S. The van der Waals surface area contributed by atoms with Crippen LogP contribution in [0.2, 0.25) is 0 Å². The van der Waals surface area contributed by atoms with Gasteiger partial charge in [0.15, 0.2) is 0 Å². The van der Waals surface area contributed by atoms with Crippen molar-refractivity contribution in [3.63, 3.8) is 0 Å². The third-order valence-electron chi connectivity index (χ3n) is 5.60. The summed E-state index contributed by atoms with van der Waals surface area (Å²) in [5, 5.41) is 2.89. The molecule has 0 fully saturated rings. The molecule has 192 valence electrons. The highest BCUT2D eigenvalue weighted by atomic mass is 32.2. The maximum absolute atomic E-state index is 13.9. The monoisotopic (exact) mass is 512 g/mol. The molecule has 0 heterocycles. The highest BCUT2D eigenvalue weighted by Crippen LogP contribution is 2.31. The molecule has 3 rings (SSSR count). The SMILES string of the molecule is CCOc1ccc(N(CC(=O)NC(C)c2ccc(OC)cc2)S(=O)(=O)c2cc(C)ccc2OC)cc1. The van der Waals surface area contributed by atoms with E-state index in [1.54, 1.807) is 62.6 Å². The number of aryl methyl sites for hydroxylation is 1. The van der Waals surface area contributed by atoms with Crippen molar-refractivity contribution in [2.24, 2.45) is 0 Å². The normalized spacial score (nSPS) is 11.9. The summed E-state index contributed by atoms with van der Waals surface area (Å²) < 4.78 is 44.8. The number of ether oxygens (including phenoxy) is 3. The van der Waals surface area contributed by atoms with E-state index in [1.807, 2.05) is 26.0 Å². The van der Waals surface area contributed by atoms with Gasteiger partial charge in [-0.05, 0) is 80.4 Å². The lowest BCUT2D eigenvalue weighted by Gasteiger charge is -2.26. The number of hydrogen-bond donors (Lipinski definition) is 1. The predicted octanol–water partition coefficient (Wildman–Crippen LogP) is 4.48. The zero-order valence-corrected chi connectivity index (χ0v) is 22.0. The van der Waals surface area contributed by atoms with Crippen LogP contribution in [0.25, 0.3) is 0 Å². The van der Waals surface area contributed by atoms with Crippen LogP contribution in [0, 0.1) is 6.92 Å².